The second-order valence-electron chi connectivity index (χ2n) is 3.19. The third kappa shape index (κ3) is 3.93. The number of hydrogen-bond donors (Lipinski definition) is 1. The maximum Gasteiger partial charge on any atom is 0.122 e. The lowest BCUT2D eigenvalue weighted by Gasteiger charge is -2.08. The maximum absolute atomic E-state index is 5.64. The van der Waals surface area contributed by atoms with E-state index in [1.807, 2.05) is 12.1 Å². The number of thiol groups is 1. The number of hydrogen-bond acceptors (Lipinski definition) is 2. The van der Waals surface area contributed by atoms with Crippen LogP contribution in [0.3, 0.4) is 0 Å². The summed E-state index contributed by atoms with van der Waals surface area (Å²) in [7, 11) is 0. The molecule has 1 rings (SSSR count). The van der Waals surface area contributed by atoms with Crippen LogP contribution in [0.15, 0.2) is 22.7 Å². The van der Waals surface area contributed by atoms with Gasteiger partial charge in [-0.2, -0.15) is 12.6 Å². The lowest BCUT2D eigenvalue weighted by molar-refractivity contribution is 0.308. The van der Waals surface area contributed by atoms with Crippen LogP contribution in [0.5, 0.6) is 5.75 Å². The van der Waals surface area contributed by atoms with Gasteiger partial charge in [-0.15, -0.1) is 0 Å². The molecule has 0 aliphatic carbocycles. The van der Waals surface area contributed by atoms with Crippen LogP contribution < -0.4 is 4.74 Å². The fourth-order valence-corrected chi connectivity index (χ4v) is 1.87. The Hall–Kier alpha value is -0.150. The van der Waals surface area contributed by atoms with Gasteiger partial charge < -0.3 is 4.74 Å². The van der Waals surface area contributed by atoms with Gasteiger partial charge in [0.15, 0.2) is 0 Å². The van der Waals surface area contributed by atoms with Gasteiger partial charge in [-0.25, -0.2) is 0 Å². The van der Waals surface area contributed by atoms with Crippen LogP contribution in [-0.2, 0) is 0 Å². The number of ether oxygens (including phenoxy) is 1. The van der Waals surface area contributed by atoms with E-state index in [-0.39, 0.29) is 0 Å². The van der Waals surface area contributed by atoms with Crippen molar-refractivity contribution < 1.29 is 4.74 Å². The molecule has 3 heteroatoms. The van der Waals surface area contributed by atoms with Crippen molar-refractivity contribution in [2.45, 2.75) is 19.8 Å². The minimum Gasteiger partial charge on any atom is -0.493 e. The quantitative estimate of drug-likeness (QED) is 0.634. The van der Waals surface area contributed by atoms with Crippen LogP contribution in [0.2, 0.25) is 0 Å². The standard InChI is InChI=1S/C11H15BrOS/c1-9-8-10(12)4-5-11(9)13-6-2-3-7-14/h4-5,8,14H,2-3,6-7H2,1H3. The zero-order valence-corrected chi connectivity index (χ0v) is 10.8. The molecule has 78 valence electrons. The molecule has 0 fully saturated rings. The van der Waals surface area contributed by atoms with Gasteiger partial charge >= 0.3 is 0 Å². The van der Waals surface area contributed by atoms with E-state index in [2.05, 4.69) is 41.5 Å². The van der Waals surface area contributed by atoms with E-state index >= 15 is 0 Å². The fourth-order valence-electron chi connectivity index (χ4n) is 1.17. The van der Waals surface area contributed by atoms with Gasteiger partial charge in [-0.3, -0.25) is 0 Å². The SMILES string of the molecule is Cc1cc(Br)ccc1OCCCCS. The van der Waals surface area contributed by atoms with Crippen LogP contribution in [0, 0.1) is 6.92 Å². The normalized spacial score (nSPS) is 10.2. The van der Waals surface area contributed by atoms with E-state index in [9.17, 15) is 0 Å². The Morgan fingerprint density at radius 2 is 2.14 bits per heavy atom. The zero-order chi connectivity index (χ0) is 10.4. The number of halogens is 1. The predicted octanol–water partition coefficient (Wildman–Crippen LogP) is 3.85. The topological polar surface area (TPSA) is 9.23 Å². The molecule has 0 saturated carbocycles. The highest BCUT2D eigenvalue weighted by Crippen LogP contribution is 2.22. The first-order valence-corrected chi connectivity index (χ1v) is 6.16. The van der Waals surface area contributed by atoms with Crippen LogP contribution in [0.25, 0.3) is 0 Å². The monoisotopic (exact) mass is 274 g/mol. The van der Waals surface area contributed by atoms with Gasteiger partial charge in [0, 0.05) is 4.47 Å². The lowest BCUT2D eigenvalue weighted by atomic mass is 10.2. The third-order valence-corrected chi connectivity index (χ3v) is 2.76. The Morgan fingerprint density at radius 3 is 2.79 bits per heavy atom. The van der Waals surface area contributed by atoms with Gasteiger partial charge in [0.25, 0.3) is 0 Å². The molecule has 0 saturated heterocycles. The molecule has 0 aliphatic heterocycles. The summed E-state index contributed by atoms with van der Waals surface area (Å²) in [6.07, 6.45) is 2.18. The summed E-state index contributed by atoms with van der Waals surface area (Å²) in [5.74, 6) is 1.91. The van der Waals surface area contributed by atoms with Gasteiger partial charge in [0.2, 0.25) is 0 Å². The molecule has 1 aromatic rings. The van der Waals surface area contributed by atoms with Crippen LogP contribution in [0.4, 0.5) is 0 Å². The van der Waals surface area contributed by atoms with Crippen molar-refractivity contribution in [3.8, 4) is 5.75 Å². The molecule has 0 aromatic heterocycles. The van der Waals surface area contributed by atoms with Gasteiger partial charge in [0.1, 0.15) is 5.75 Å². The average Bonchev–Trinajstić information content (AvgIpc) is 2.15. The van der Waals surface area contributed by atoms with Crippen molar-refractivity contribution in [2.24, 2.45) is 0 Å². The third-order valence-electron chi connectivity index (χ3n) is 1.95. The highest BCUT2D eigenvalue weighted by atomic mass is 79.9. The highest BCUT2D eigenvalue weighted by molar-refractivity contribution is 9.10. The van der Waals surface area contributed by atoms with E-state index < -0.39 is 0 Å². The molecule has 0 unspecified atom stereocenters. The Labute approximate surface area is 99.4 Å². The molecule has 1 aromatic carbocycles. The van der Waals surface area contributed by atoms with Gasteiger partial charge in [0.05, 0.1) is 6.61 Å². The second kappa shape index (κ2) is 6.36. The fraction of sp³-hybridized carbons (Fsp3) is 0.455. The molecule has 14 heavy (non-hydrogen) atoms. The van der Waals surface area contributed by atoms with Gasteiger partial charge in [-0.05, 0) is 49.3 Å². The first kappa shape index (κ1) is 11.9. The van der Waals surface area contributed by atoms with Crippen molar-refractivity contribution in [1.82, 2.24) is 0 Å². The van der Waals surface area contributed by atoms with Crippen LogP contribution >= 0.6 is 28.6 Å². The van der Waals surface area contributed by atoms with Crippen molar-refractivity contribution in [1.29, 1.82) is 0 Å². The number of unbranched alkanes of at least 4 members (excludes halogenated alkanes) is 1. The molecule has 0 radical (unpaired) electrons. The Morgan fingerprint density at radius 1 is 1.36 bits per heavy atom. The first-order chi connectivity index (χ1) is 6.74. The summed E-state index contributed by atoms with van der Waals surface area (Å²) in [5.41, 5.74) is 1.17. The van der Waals surface area contributed by atoms with Crippen molar-refractivity contribution in [3.05, 3.63) is 28.2 Å². The molecule has 0 amide bonds. The number of rotatable bonds is 5. The van der Waals surface area contributed by atoms with E-state index in [0.29, 0.717) is 0 Å². The smallest absolute Gasteiger partial charge is 0.122 e. The van der Waals surface area contributed by atoms with E-state index in [1.54, 1.807) is 0 Å². The first-order valence-electron chi connectivity index (χ1n) is 4.74. The minimum atomic E-state index is 0.781. The molecule has 0 N–H and O–H groups in total. The van der Waals surface area contributed by atoms with E-state index in [0.717, 1.165) is 35.4 Å². The Balaban J connectivity index is 2.42. The number of benzene rings is 1. The molecular formula is C11H15BrOS. The molecule has 0 atom stereocenters. The van der Waals surface area contributed by atoms with Crippen LogP contribution in [0.1, 0.15) is 18.4 Å². The summed E-state index contributed by atoms with van der Waals surface area (Å²) in [4.78, 5) is 0. The predicted molar refractivity (Wildman–Crippen MR) is 67.5 cm³/mol. The molecule has 0 spiro atoms. The van der Waals surface area contributed by atoms with E-state index in [1.165, 1.54) is 5.56 Å². The van der Waals surface area contributed by atoms with Crippen molar-refractivity contribution in [2.75, 3.05) is 12.4 Å². The molecule has 1 nitrogen and oxygen atoms in total. The van der Waals surface area contributed by atoms with E-state index in [4.69, 9.17) is 4.74 Å². The summed E-state index contributed by atoms with van der Waals surface area (Å²) < 4.78 is 6.73. The van der Waals surface area contributed by atoms with Crippen molar-refractivity contribution in [3.63, 3.8) is 0 Å². The average molecular weight is 275 g/mol. The van der Waals surface area contributed by atoms with Crippen molar-refractivity contribution >= 4 is 28.6 Å². The summed E-state index contributed by atoms with van der Waals surface area (Å²) >= 11 is 7.58. The number of aryl methyl sites for hydroxylation is 1. The molecule has 0 heterocycles. The lowest BCUT2D eigenvalue weighted by Crippen LogP contribution is -1.98. The second-order valence-corrected chi connectivity index (χ2v) is 4.55. The molecular weight excluding hydrogens is 260 g/mol. The Bertz CT molecular complexity index is 289. The summed E-state index contributed by atoms with van der Waals surface area (Å²) in [6, 6.07) is 6.06. The molecule has 0 bridgehead atoms. The summed E-state index contributed by atoms with van der Waals surface area (Å²) in [6.45, 7) is 2.84. The maximum atomic E-state index is 5.64. The van der Waals surface area contributed by atoms with Gasteiger partial charge in [-0.1, -0.05) is 15.9 Å². The summed E-state index contributed by atoms with van der Waals surface area (Å²) in [5, 5.41) is 0. The molecule has 0 aliphatic rings. The zero-order valence-electron chi connectivity index (χ0n) is 8.29. The van der Waals surface area contributed by atoms with Crippen LogP contribution in [-0.4, -0.2) is 12.4 Å². The Kier molecular flexibility index (Phi) is 5.41. The largest absolute Gasteiger partial charge is 0.493 e. The highest BCUT2D eigenvalue weighted by Gasteiger charge is 1.99. The minimum absolute atomic E-state index is 0.781.